The summed E-state index contributed by atoms with van der Waals surface area (Å²) < 4.78 is 35.3. The first kappa shape index (κ1) is 11.7. The van der Waals surface area contributed by atoms with E-state index in [9.17, 15) is 22.8 Å². The van der Waals surface area contributed by atoms with E-state index < -0.39 is 17.5 Å². The third-order valence-electron chi connectivity index (χ3n) is 1.04. The van der Waals surface area contributed by atoms with Crippen molar-refractivity contribution < 1.29 is 22.8 Å². The molecule has 0 aliphatic carbocycles. The predicted molar refractivity (Wildman–Crippen MR) is 38.9 cm³/mol. The lowest BCUT2D eigenvalue weighted by Gasteiger charge is -2.08. The van der Waals surface area contributed by atoms with Gasteiger partial charge in [-0.1, -0.05) is 0 Å². The number of aldehydes is 1. The van der Waals surface area contributed by atoms with Crippen LogP contribution in [-0.2, 0) is 9.59 Å². The van der Waals surface area contributed by atoms with Crippen LogP contribution in [0.15, 0.2) is 11.8 Å². The molecular weight excluding hydrogens is 187 g/mol. The van der Waals surface area contributed by atoms with Crippen LogP contribution in [0.1, 0.15) is 0 Å². The maximum atomic E-state index is 11.8. The molecule has 0 spiro atoms. The highest BCUT2D eigenvalue weighted by molar-refractivity contribution is 6.14. The van der Waals surface area contributed by atoms with E-state index in [4.69, 9.17) is 0 Å². The van der Waals surface area contributed by atoms with Crippen LogP contribution in [0.5, 0.6) is 0 Å². The molecular formula is C7H8F3NO2. The van der Waals surface area contributed by atoms with Gasteiger partial charge < -0.3 is 4.90 Å². The van der Waals surface area contributed by atoms with E-state index in [1.54, 1.807) is 0 Å². The maximum Gasteiger partial charge on any atom is 0.455 e. The highest BCUT2D eigenvalue weighted by Gasteiger charge is 2.40. The van der Waals surface area contributed by atoms with Gasteiger partial charge in [0.1, 0.15) is 0 Å². The molecule has 6 heteroatoms. The van der Waals surface area contributed by atoms with E-state index in [0.29, 0.717) is 0 Å². The van der Waals surface area contributed by atoms with Crippen LogP contribution < -0.4 is 0 Å². The third-order valence-corrected chi connectivity index (χ3v) is 1.04. The quantitative estimate of drug-likeness (QED) is 0.289. The Kier molecular flexibility index (Phi) is 3.65. The Bertz CT molecular complexity index is 243. The number of rotatable bonds is 3. The molecule has 0 aliphatic rings. The molecule has 0 aromatic heterocycles. The molecule has 0 aromatic rings. The largest absolute Gasteiger partial charge is 0.455 e. The van der Waals surface area contributed by atoms with Crippen molar-refractivity contribution in [3.63, 3.8) is 0 Å². The van der Waals surface area contributed by atoms with Gasteiger partial charge in [-0.3, -0.25) is 9.59 Å². The molecule has 0 bridgehead atoms. The second-order valence-electron chi connectivity index (χ2n) is 2.49. The maximum absolute atomic E-state index is 11.8. The van der Waals surface area contributed by atoms with Crippen LogP contribution in [0.4, 0.5) is 13.2 Å². The van der Waals surface area contributed by atoms with Crippen LogP contribution in [0.2, 0.25) is 0 Å². The van der Waals surface area contributed by atoms with E-state index in [1.807, 2.05) is 0 Å². The summed E-state index contributed by atoms with van der Waals surface area (Å²) in [4.78, 5) is 21.8. The van der Waals surface area contributed by atoms with Crippen LogP contribution in [-0.4, -0.2) is 37.2 Å². The Morgan fingerprint density at radius 1 is 1.31 bits per heavy atom. The molecule has 0 unspecified atom stereocenters. The van der Waals surface area contributed by atoms with E-state index in [2.05, 4.69) is 0 Å². The van der Waals surface area contributed by atoms with Crippen molar-refractivity contribution in [2.75, 3.05) is 14.1 Å². The number of carbonyl (C=O) groups excluding carboxylic acids is 2. The number of alkyl halides is 3. The van der Waals surface area contributed by atoms with Gasteiger partial charge in [-0.15, -0.1) is 0 Å². The zero-order chi connectivity index (χ0) is 10.6. The molecule has 3 nitrogen and oxygen atoms in total. The number of ketones is 1. The van der Waals surface area contributed by atoms with E-state index in [1.165, 1.54) is 19.0 Å². The Balaban J connectivity index is 4.81. The highest BCUT2D eigenvalue weighted by Crippen LogP contribution is 2.19. The minimum atomic E-state index is -5.00. The van der Waals surface area contributed by atoms with Gasteiger partial charge in [-0.05, 0) is 0 Å². The van der Waals surface area contributed by atoms with Gasteiger partial charge in [0, 0.05) is 20.3 Å². The minimum absolute atomic E-state index is 0.115. The van der Waals surface area contributed by atoms with Crippen LogP contribution in [0.3, 0.4) is 0 Å². The molecule has 0 aliphatic heterocycles. The van der Waals surface area contributed by atoms with Gasteiger partial charge in [-0.25, -0.2) is 0 Å². The van der Waals surface area contributed by atoms with E-state index in [0.717, 1.165) is 6.20 Å². The number of hydrogen-bond acceptors (Lipinski definition) is 3. The van der Waals surface area contributed by atoms with E-state index >= 15 is 0 Å². The molecule has 0 aromatic carbocycles. The molecule has 74 valence electrons. The van der Waals surface area contributed by atoms with Gasteiger partial charge >= 0.3 is 6.18 Å². The second kappa shape index (κ2) is 4.06. The van der Waals surface area contributed by atoms with Gasteiger partial charge in [0.05, 0.1) is 5.57 Å². The predicted octanol–water partition coefficient (Wildman–Crippen LogP) is 0.762. The zero-order valence-corrected chi connectivity index (χ0v) is 7.05. The number of Topliss-reactive ketones (excluding diaryl/α,β-unsaturated/α-hetero) is 1. The van der Waals surface area contributed by atoms with Crippen molar-refractivity contribution in [3.8, 4) is 0 Å². The smallest absolute Gasteiger partial charge is 0.383 e. The van der Waals surface area contributed by atoms with Crippen LogP contribution in [0, 0.1) is 0 Å². The lowest BCUT2D eigenvalue weighted by Crippen LogP contribution is -2.26. The molecule has 0 saturated carbocycles. The van der Waals surface area contributed by atoms with Gasteiger partial charge in [0.2, 0.25) is 0 Å². The zero-order valence-electron chi connectivity index (χ0n) is 7.05. The van der Waals surface area contributed by atoms with Crippen molar-refractivity contribution in [2.45, 2.75) is 6.18 Å². The first-order valence-electron chi connectivity index (χ1n) is 3.24. The third kappa shape index (κ3) is 3.73. The lowest BCUT2D eigenvalue weighted by molar-refractivity contribution is -0.166. The SMILES string of the molecule is CN(C)C=C(C=O)C(=O)C(F)(F)F. The Morgan fingerprint density at radius 3 is 2.00 bits per heavy atom. The number of hydrogen-bond donors (Lipinski definition) is 0. The summed E-state index contributed by atoms with van der Waals surface area (Å²) in [6.45, 7) is 0. The standard InChI is InChI=1S/C7H8F3NO2/c1-11(2)3-5(4-12)6(13)7(8,9)10/h3-4H,1-2H3. The van der Waals surface area contributed by atoms with Gasteiger partial charge in [0.15, 0.2) is 6.29 Å². The van der Waals surface area contributed by atoms with Crippen molar-refractivity contribution in [1.29, 1.82) is 0 Å². The summed E-state index contributed by atoms with van der Waals surface area (Å²) in [7, 11) is 2.82. The van der Waals surface area contributed by atoms with Gasteiger partial charge in [-0.2, -0.15) is 13.2 Å². The summed E-state index contributed by atoms with van der Waals surface area (Å²) in [6, 6.07) is 0. The highest BCUT2D eigenvalue weighted by atomic mass is 19.4. The topological polar surface area (TPSA) is 37.4 Å². The monoisotopic (exact) mass is 195 g/mol. The van der Waals surface area contributed by atoms with Gasteiger partial charge in [0.25, 0.3) is 5.78 Å². The Morgan fingerprint density at radius 2 is 1.77 bits per heavy atom. The second-order valence-corrected chi connectivity index (χ2v) is 2.49. The van der Waals surface area contributed by atoms with Crippen molar-refractivity contribution in [1.82, 2.24) is 4.90 Å². The minimum Gasteiger partial charge on any atom is -0.383 e. The first-order valence-corrected chi connectivity index (χ1v) is 3.24. The summed E-state index contributed by atoms with van der Waals surface area (Å²) in [5.74, 6) is -2.13. The number of carbonyl (C=O) groups is 2. The molecule has 13 heavy (non-hydrogen) atoms. The summed E-state index contributed by atoms with van der Waals surface area (Å²) in [6.07, 6.45) is -4.29. The average Bonchev–Trinajstić information content (AvgIpc) is 1.96. The molecule has 0 heterocycles. The molecule has 0 saturated heterocycles. The number of halogens is 3. The molecule has 0 rings (SSSR count). The molecule has 0 atom stereocenters. The lowest BCUT2D eigenvalue weighted by atomic mass is 10.2. The average molecular weight is 195 g/mol. The van der Waals surface area contributed by atoms with Crippen LogP contribution in [0.25, 0.3) is 0 Å². The van der Waals surface area contributed by atoms with Crippen LogP contribution >= 0.6 is 0 Å². The Labute approximate surface area is 72.8 Å². The fraction of sp³-hybridized carbons (Fsp3) is 0.429. The molecule has 0 amide bonds. The fourth-order valence-corrected chi connectivity index (χ4v) is 0.584. The normalized spacial score (nSPS) is 12.5. The van der Waals surface area contributed by atoms with Crippen molar-refractivity contribution in [3.05, 3.63) is 11.8 Å². The number of nitrogens with zero attached hydrogens (tertiary/aromatic N) is 1. The Hall–Kier alpha value is -1.33. The summed E-state index contributed by atoms with van der Waals surface area (Å²) in [5.41, 5.74) is -0.905. The van der Waals surface area contributed by atoms with Crippen molar-refractivity contribution >= 4 is 12.1 Å². The van der Waals surface area contributed by atoms with E-state index in [-0.39, 0.29) is 6.29 Å². The molecule has 0 N–H and O–H groups in total. The first-order chi connectivity index (χ1) is 5.79. The van der Waals surface area contributed by atoms with Crippen molar-refractivity contribution in [2.24, 2.45) is 0 Å². The molecule has 0 radical (unpaired) electrons. The number of allylic oxidation sites excluding steroid dienone is 1. The molecule has 0 fully saturated rings. The fourth-order valence-electron chi connectivity index (χ4n) is 0.584. The summed E-state index contributed by atoms with van der Waals surface area (Å²) in [5, 5.41) is 0. The summed E-state index contributed by atoms with van der Waals surface area (Å²) >= 11 is 0.